The van der Waals surface area contributed by atoms with Gasteiger partial charge < -0.3 is 0 Å². The van der Waals surface area contributed by atoms with Crippen molar-refractivity contribution in [3.8, 4) is 0 Å². The molecule has 1 aromatic carbocycles. The van der Waals surface area contributed by atoms with E-state index in [1.807, 2.05) is 0 Å². The van der Waals surface area contributed by atoms with Gasteiger partial charge in [-0.1, -0.05) is 35.0 Å². The first-order valence-electron chi connectivity index (χ1n) is 3.35. The Morgan fingerprint density at radius 3 is 2.40 bits per heavy atom. The lowest BCUT2D eigenvalue weighted by molar-refractivity contribution is 1.14. The van der Waals surface area contributed by atoms with Gasteiger partial charge >= 0.3 is 0 Å². The maximum atomic E-state index is 3.39. The summed E-state index contributed by atoms with van der Waals surface area (Å²) >= 11 is 3.39. The van der Waals surface area contributed by atoms with Gasteiger partial charge in [0.1, 0.15) is 0 Å². The molecule has 0 amide bonds. The first-order chi connectivity index (χ1) is 4.83. The van der Waals surface area contributed by atoms with E-state index in [9.17, 15) is 0 Å². The third-order valence-corrected chi connectivity index (χ3v) is 1.88. The summed E-state index contributed by atoms with van der Waals surface area (Å²) in [5, 5.41) is 0. The number of benzene rings is 1. The van der Waals surface area contributed by atoms with Crippen LogP contribution in [0.1, 0.15) is 12.5 Å². The van der Waals surface area contributed by atoms with Gasteiger partial charge in [-0.3, -0.25) is 0 Å². The fourth-order valence-corrected chi connectivity index (χ4v) is 1.12. The van der Waals surface area contributed by atoms with Crippen molar-refractivity contribution >= 4 is 15.9 Å². The zero-order valence-corrected chi connectivity index (χ0v) is 7.56. The van der Waals surface area contributed by atoms with E-state index in [0.717, 1.165) is 10.9 Å². The van der Waals surface area contributed by atoms with Gasteiger partial charge in [-0.05, 0) is 30.5 Å². The minimum atomic E-state index is 1.06. The summed E-state index contributed by atoms with van der Waals surface area (Å²) in [6.45, 7) is 2.07. The fraction of sp³-hybridized carbons (Fsp3) is 0.222. The molecule has 1 aromatic rings. The van der Waals surface area contributed by atoms with Crippen LogP contribution in [0.5, 0.6) is 0 Å². The molecule has 0 aromatic heterocycles. The summed E-state index contributed by atoms with van der Waals surface area (Å²) in [4.78, 5) is 0. The molecule has 0 unspecified atom stereocenters. The van der Waals surface area contributed by atoms with Crippen molar-refractivity contribution in [1.29, 1.82) is 0 Å². The number of halogens is 1. The molecule has 0 aliphatic carbocycles. The van der Waals surface area contributed by atoms with Gasteiger partial charge in [0.15, 0.2) is 0 Å². The quantitative estimate of drug-likeness (QED) is 0.684. The monoisotopic (exact) mass is 197 g/mol. The highest BCUT2D eigenvalue weighted by molar-refractivity contribution is 9.10. The topological polar surface area (TPSA) is 0 Å². The second kappa shape index (κ2) is 3.77. The largest absolute Gasteiger partial charge is 0.0619 e. The standard InChI is InChI=1S/C9H10Br/c1-2-3-8-4-6-9(10)7-5-8/h2,4-7H,3H2,1H3. The summed E-state index contributed by atoms with van der Waals surface area (Å²) in [6.07, 6.45) is 3.22. The molecular weight excluding hydrogens is 188 g/mol. The highest BCUT2D eigenvalue weighted by Crippen LogP contribution is 2.11. The van der Waals surface area contributed by atoms with Gasteiger partial charge in [-0.15, -0.1) is 0 Å². The zero-order chi connectivity index (χ0) is 7.40. The van der Waals surface area contributed by atoms with E-state index in [4.69, 9.17) is 0 Å². The van der Waals surface area contributed by atoms with Crippen molar-refractivity contribution in [2.45, 2.75) is 13.3 Å². The molecule has 53 valence electrons. The Kier molecular flexibility index (Phi) is 2.94. The fourth-order valence-electron chi connectivity index (χ4n) is 0.856. The maximum absolute atomic E-state index is 3.39. The van der Waals surface area contributed by atoms with Crippen molar-refractivity contribution in [3.05, 3.63) is 40.7 Å². The lowest BCUT2D eigenvalue weighted by Gasteiger charge is -1.96. The third-order valence-electron chi connectivity index (χ3n) is 1.35. The highest BCUT2D eigenvalue weighted by Gasteiger charge is 1.89. The van der Waals surface area contributed by atoms with Crippen LogP contribution >= 0.6 is 15.9 Å². The molecule has 1 rings (SSSR count). The second-order valence-electron chi connectivity index (χ2n) is 2.24. The zero-order valence-electron chi connectivity index (χ0n) is 5.97. The van der Waals surface area contributed by atoms with E-state index >= 15 is 0 Å². The number of hydrogen-bond donors (Lipinski definition) is 0. The van der Waals surface area contributed by atoms with Gasteiger partial charge in [0.05, 0.1) is 0 Å². The van der Waals surface area contributed by atoms with E-state index in [0.29, 0.717) is 0 Å². The number of rotatable bonds is 2. The number of hydrogen-bond acceptors (Lipinski definition) is 0. The first-order valence-corrected chi connectivity index (χ1v) is 4.14. The second-order valence-corrected chi connectivity index (χ2v) is 3.15. The third kappa shape index (κ3) is 2.14. The Hall–Kier alpha value is -0.300. The van der Waals surface area contributed by atoms with Crippen LogP contribution in [0.4, 0.5) is 0 Å². The smallest absolute Gasteiger partial charge is 0.0175 e. The molecule has 0 saturated heterocycles. The first kappa shape index (κ1) is 7.80. The normalized spacial score (nSPS) is 9.80. The Morgan fingerprint density at radius 1 is 1.30 bits per heavy atom. The Bertz CT molecular complexity index is 188. The molecule has 1 radical (unpaired) electrons. The lowest BCUT2D eigenvalue weighted by atomic mass is 10.1. The van der Waals surface area contributed by atoms with Crippen molar-refractivity contribution in [2.24, 2.45) is 0 Å². The molecule has 1 heteroatoms. The van der Waals surface area contributed by atoms with Crippen LogP contribution in [0.2, 0.25) is 0 Å². The summed E-state index contributed by atoms with van der Waals surface area (Å²) in [7, 11) is 0. The molecule has 0 spiro atoms. The predicted octanol–water partition coefficient (Wildman–Crippen LogP) is 3.22. The van der Waals surface area contributed by atoms with Gasteiger partial charge in [-0.2, -0.15) is 0 Å². The van der Waals surface area contributed by atoms with Crippen molar-refractivity contribution in [2.75, 3.05) is 0 Å². The maximum Gasteiger partial charge on any atom is 0.0175 e. The van der Waals surface area contributed by atoms with E-state index in [-0.39, 0.29) is 0 Å². The summed E-state index contributed by atoms with van der Waals surface area (Å²) in [6, 6.07) is 8.39. The van der Waals surface area contributed by atoms with Crippen LogP contribution in [0, 0.1) is 6.42 Å². The summed E-state index contributed by atoms with van der Waals surface area (Å²) in [5.41, 5.74) is 1.37. The van der Waals surface area contributed by atoms with Crippen LogP contribution in [0.15, 0.2) is 28.7 Å². The van der Waals surface area contributed by atoms with Crippen LogP contribution in [0.25, 0.3) is 0 Å². The molecule has 0 saturated carbocycles. The summed E-state index contributed by atoms with van der Waals surface area (Å²) in [5.74, 6) is 0. The minimum absolute atomic E-state index is 1.06. The molecule has 0 aliphatic heterocycles. The van der Waals surface area contributed by atoms with Crippen LogP contribution in [-0.2, 0) is 6.42 Å². The molecule has 0 N–H and O–H groups in total. The lowest BCUT2D eigenvalue weighted by Crippen LogP contribution is -1.80. The minimum Gasteiger partial charge on any atom is -0.0619 e. The Balaban J connectivity index is 2.69. The van der Waals surface area contributed by atoms with Crippen LogP contribution in [-0.4, -0.2) is 0 Å². The van der Waals surface area contributed by atoms with Gasteiger partial charge in [0.2, 0.25) is 0 Å². The summed E-state index contributed by atoms with van der Waals surface area (Å²) < 4.78 is 1.15. The van der Waals surface area contributed by atoms with Crippen molar-refractivity contribution in [3.63, 3.8) is 0 Å². The van der Waals surface area contributed by atoms with E-state index in [2.05, 4.69) is 53.5 Å². The predicted molar refractivity (Wildman–Crippen MR) is 47.8 cm³/mol. The molecule has 0 heterocycles. The molecule has 0 aliphatic rings. The van der Waals surface area contributed by atoms with Crippen LogP contribution in [0.3, 0.4) is 0 Å². The van der Waals surface area contributed by atoms with Gasteiger partial charge in [0, 0.05) is 4.47 Å². The Labute approximate surface area is 70.4 Å². The van der Waals surface area contributed by atoms with Crippen LogP contribution < -0.4 is 0 Å². The Morgan fingerprint density at radius 2 is 1.90 bits per heavy atom. The van der Waals surface area contributed by atoms with E-state index < -0.39 is 0 Å². The average molecular weight is 198 g/mol. The molecule has 0 atom stereocenters. The average Bonchev–Trinajstić information content (AvgIpc) is 1.95. The van der Waals surface area contributed by atoms with Gasteiger partial charge in [-0.25, -0.2) is 0 Å². The highest BCUT2D eigenvalue weighted by atomic mass is 79.9. The van der Waals surface area contributed by atoms with Crippen molar-refractivity contribution < 1.29 is 0 Å². The molecule has 0 nitrogen and oxygen atoms in total. The molecule has 10 heavy (non-hydrogen) atoms. The van der Waals surface area contributed by atoms with Crippen molar-refractivity contribution in [1.82, 2.24) is 0 Å². The van der Waals surface area contributed by atoms with E-state index in [1.165, 1.54) is 5.56 Å². The van der Waals surface area contributed by atoms with Gasteiger partial charge in [0.25, 0.3) is 0 Å². The SMILES string of the molecule is C[CH]Cc1ccc(Br)cc1. The molecular formula is C9H10Br. The molecule has 0 fully saturated rings. The molecule has 0 bridgehead atoms. The van der Waals surface area contributed by atoms with E-state index in [1.54, 1.807) is 0 Å².